The van der Waals surface area contributed by atoms with E-state index in [0.29, 0.717) is 0 Å². The molecule has 0 spiro atoms. The zero-order valence-corrected chi connectivity index (χ0v) is 17.1. The van der Waals surface area contributed by atoms with Crippen LogP contribution in [0.5, 0.6) is 0 Å². The van der Waals surface area contributed by atoms with Gasteiger partial charge in [-0.1, -0.05) is 60.7 Å². The molecule has 2 heterocycles. The molecule has 4 rings (SSSR count). The number of nitrogen functional groups attached to an aromatic ring is 1. The number of fused-ring (bicyclic) bond motifs is 1. The maximum absolute atomic E-state index is 13.6. The van der Waals surface area contributed by atoms with Crippen molar-refractivity contribution in [3.8, 4) is 0 Å². The van der Waals surface area contributed by atoms with Crippen molar-refractivity contribution in [2.24, 2.45) is 0 Å². The third-order valence-electron chi connectivity index (χ3n) is 5.42. The number of anilines is 2. The molecule has 0 atom stereocenters. The molecule has 0 bridgehead atoms. The Balaban J connectivity index is 1.72. The maximum Gasteiger partial charge on any atom is 0.239 e. The van der Waals surface area contributed by atoms with Crippen LogP contribution in [-0.4, -0.2) is 31.4 Å². The number of thiophene rings is 1. The minimum absolute atomic E-state index is 0.0380. The number of rotatable bonds is 4. The number of hydrogen-bond acceptors (Lipinski definition) is 4. The Labute approximate surface area is 170 Å². The largest absolute Gasteiger partial charge is 0.396 e. The number of nitrogens with zero attached hydrogens (tertiary/aromatic N) is 2. The van der Waals surface area contributed by atoms with E-state index in [1.54, 1.807) is 16.2 Å². The summed E-state index contributed by atoms with van der Waals surface area (Å²) in [6, 6.07) is 19.9. The van der Waals surface area contributed by atoms with Crippen LogP contribution in [0.3, 0.4) is 0 Å². The third kappa shape index (κ3) is 3.43. The van der Waals surface area contributed by atoms with Crippen molar-refractivity contribution >= 4 is 27.9 Å². The van der Waals surface area contributed by atoms with Gasteiger partial charge in [0.25, 0.3) is 0 Å². The summed E-state index contributed by atoms with van der Waals surface area (Å²) in [7, 11) is 3.97. The predicted molar refractivity (Wildman–Crippen MR) is 117 cm³/mol. The highest BCUT2D eigenvalue weighted by molar-refractivity contribution is 7.17. The molecule has 1 aliphatic heterocycles. The van der Waals surface area contributed by atoms with Gasteiger partial charge in [0.05, 0.1) is 11.6 Å². The molecule has 0 aliphatic carbocycles. The van der Waals surface area contributed by atoms with E-state index in [2.05, 4.69) is 11.9 Å². The van der Waals surface area contributed by atoms with Crippen LogP contribution in [0.25, 0.3) is 0 Å². The molecule has 2 aromatic carbocycles. The Bertz CT molecular complexity index is 929. The fraction of sp³-hybridized carbons (Fsp3) is 0.261. The SMILES string of the molecule is CN1CCc2c(sc(N(C)C(=O)C(c3ccccc3)c3ccccc3)c2N)C1. The molecule has 0 unspecified atom stereocenters. The Kier molecular flexibility index (Phi) is 5.20. The van der Waals surface area contributed by atoms with Crippen molar-refractivity contribution in [1.82, 2.24) is 4.90 Å². The first-order valence-electron chi connectivity index (χ1n) is 9.52. The highest BCUT2D eigenvalue weighted by Gasteiger charge is 2.30. The molecule has 3 aromatic rings. The summed E-state index contributed by atoms with van der Waals surface area (Å²) in [4.78, 5) is 19.0. The van der Waals surface area contributed by atoms with Gasteiger partial charge in [0.1, 0.15) is 5.00 Å². The number of carbonyl (C=O) groups excluding carboxylic acids is 1. The van der Waals surface area contributed by atoms with Crippen molar-refractivity contribution < 1.29 is 4.79 Å². The summed E-state index contributed by atoms with van der Waals surface area (Å²) in [5.74, 6) is -0.315. The first kappa shape index (κ1) is 18.7. The Morgan fingerprint density at radius 1 is 1.07 bits per heavy atom. The molecule has 28 heavy (non-hydrogen) atoms. The van der Waals surface area contributed by atoms with Gasteiger partial charge >= 0.3 is 0 Å². The van der Waals surface area contributed by atoms with Crippen molar-refractivity contribution in [3.05, 3.63) is 82.2 Å². The van der Waals surface area contributed by atoms with Gasteiger partial charge in [-0.2, -0.15) is 0 Å². The van der Waals surface area contributed by atoms with Crippen LogP contribution >= 0.6 is 11.3 Å². The second-order valence-corrected chi connectivity index (χ2v) is 8.45. The number of carbonyl (C=O) groups is 1. The number of hydrogen-bond donors (Lipinski definition) is 1. The molecule has 144 valence electrons. The third-order valence-corrected chi connectivity index (χ3v) is 6.73. The number of benzene rings is 2. The second kappa shape index (κ2) is 7.78. The summed E-state index contributed by atoms with van der Waals surface area (Å²) in [5, 5.41) is 0.863. The van der Waals surface area contributed by atoms with Crippen LogP contribution in [0.15, 0.2) is 60.7 Å². The molecular formula is C23H25N3OS. The van der Waals surface area contributed by atoms with Gasteiger partial charge < -0.3 is 15.5 Å². The molecule has 0 saturated heterocycles. The molecular weight excluding hydrogens is 366 g/mol. The average molecular weight is 392 g/mol. The summed E-state index contributed by atoms with van der Waals surface area (Å²) in [6.45, 7) is 1.90. The monoisotopic (exact) mass is 391 g/mol. The van der Waals surface area contributed by atoms with Crippen molar-refractivity contribution in [2.45, 2.75) is 18.9 Å². The summed E-state index contributed by atoms with van der Waals surface area (Å²) in [5.41, 5.74) is 10.4. The van der Waals surface area contributed by atoms with E-state index >= 15 is 0 Å². The number of nitrogens with two attached hydrogens (primary N) is 1. The minimum Gasteiger partial charge on any atom is -0.396 e. The molecule has 1 aliphatic rings. The van der Waals surface area contributed by atoms with Gasteiger partial charge in [0.15, 0.2) is 0 Å². The van der Waals surface area contributed by atoms with Gasteiger partial charge in [0.2, 0.25) is 5.91 Å². The summed E-state index contributed by atoms with van der Waals surface area (Å²) in [6.07, 6.45) is 0.941. The zero-order valence-electron chi connectivity index (χ0n) is 16.3. The first-order chi connectivity index (χ1) is 13.6. The molecule has 4 nitrogen and oxygen atoms in total. The molecule has 5 heteroatoms. The van der Waals surface area contributed by atoms with E-state index in [0.717, 1.165) is 41.3 Å². The lowest BCUT2D eigenvalue weighted by atomic mass is 9.90. The normalized spacial score (nSPS) is 14.1. The average Bonchev–Trinajstić information content (AvgIpc) is 3.05. The number of amides is 1. The van der Waals surface area contributed by atoms with E-state index in [1.807, 2.05) is 67.7 Å². The van der Waals surface area contributed by atoms with E-state index in [9.17, 15) is 4.79 Å². The molecule has 0 fully saturated rings. The van der Waals surface area contributed by atoms with Gasteiger partial charge in [-0.25, -0.2) is 0 Å². The number of likely N-dealkylation sites (N-methyl/N-ethyl adjacent to an activating group) is 2. The van der Waals surface area contributed by atoms with Crippen LogP contribution in [-0.2, 0) is 17.8 Å². The highest BCUT2D eigenvalue weighted by atomic mass is 32.1. The maximum atomic E-state index is 13.6. The van der Waals surface area contributed by atoms with Gasteiger partial charge in [-0.15, -0.1) is 11.3 Å². The smallest absolute Gasteiger partial charge is 0.239 e. The van der Waals surface area contributed by atoms with Crippen LogP contribution in [0.4, 0.5) is 10.7 Å². The Hall–Kier alpha value is -2.63. The van der Waals surface area contributed by atoms with Crippen LogP contribution < -0.4 is 10.6 Å². The lowest BCUT2D eigenvalue weighted by Gasteiger charge is -2.24. The van der Waals surface area contributed by atoms with E-state index in [1.165, 1.54) is 10.4 Å². The van der Waals surface area contributed by atoms with Crippen LogP contribution in [0.1, 0.15) is 27.5 Å². The lowest BCUT2D eigenvalue weighted by molar-refractivity contribution is -0.118. The quantitative estimate of drug-likeness (QED) is 0.728. The fourth-order valence-corrected chi connectivity index (χ4v) is 5.17. The Morgan fingerprint density at radius 3 is 2.21 bits per heavy atom. The molecule has 1 aromatic heterocycles. The van der Waals surface area contributed by atoms with Crippen LogP contribution in [0.2, 0.25) is 0 Å². The van der Waals surface area contributed by atoms with Crippen molar-refractivity contribution in [3.63, 3.8) is 0 Å². The van der Waals surface area contributed by atoms with E-state index < -0.39 is 0 Å². The molecule has 0 saturated carbocycles. The summed E-state index contributed by atoms with van der Waals surface area (Å²) < 4.78 is 0. The topological polar surface area (TPSA) is 49.6 Å². The minimum atomic E-state index is -0.353. The first-order valence-corrected chi connectivity index (χ1v) is 10.3. The van der Waals surface area contributed by atoms with E-state index in [4.69, 9.17) is 5.73 Å². The van der Waals surface area contributed by atoms with Gasteiger partial charge in [0, 0.05) is 25.0 Å². The second-order valence-electron chi connectivity index (χ2n) is 7.36. The van der Waals surface area contributed by atoms with Crippen molar-refractivity contribution in [2.75, 3.05) is 31.3 Å². The fourth-order valence-electron chi connectivity index (χ4n) is 3.85. The van der Waals surface area contributed by atoms with Gasteiger partial charge in [-0.05, 0) is 30.2 Å². The van der Waals surface area contributed by atoms with E-state index in [-0.39, 0.29) is 11.8 Å². The molecule has 0 radical (unpaired) electrons. The van der Waals surface area contributed by atoms with Gasteiger partial charge in [-0.3, -0.25) is 4.79 Å². The lowest BCUT2D eigenvalue weighted by Crippen LogP contribution is -2.32. The highest BCUT2D eigenvalue weighted by Crippen LogP contribution is 2.42. The standard InChI is InChI=1S/C23H25N3OS/c1-25-14-13-18-19(15-25)28-23(21(18)24)26(2)22(27)20(16-9-5-3-6-10-16)17-11-7-4-8-12-17/h3-12,20H,13-15,24H2,1-2H3. The molecule has 2 N–H and O–H groups in total. The summed E-state index contributed by atoms with van der Waals surface area (Å²) >= 11 is 1.65. The van der Waals surface area contributed by atoms with Crippen LogP contribution in [0, 0.1) is 0 Å². The molecule has 1 amide bonds. The van der Waals surface area contributed by atoms with Crippen molar-refractivity contribution in [1.29, 1.82) is 0 Å². The predicted octanol–water partition coefficient (Wildman–Crippen LogP) is 4.11. The Morgan fingerprint density at radius 2 is 1.64 bits per heavy atom. The zero-order chi connectivity index (χ0) is 19.7.